The van der Waals surface area contributed by atoms with Crippen molar-refractivity contribution in [3.63, 3.8) is 0 Å². The van der Waals surface area contributed by atoms with E-state index in [2.05, 4.69) is 24.1 Å². The number of nitrogens with zero attached hydrogens (tertiary/aromatic N) is 1. The van der Waals surface area contributed by atoms with Crippen LogP contribution >= 0.6 is 0 Å². The minimum atomic E-state index is -0.370. The summed E-state index contributed by atoms with van der Waals surface area (Å²) in [6.07, 6.45) is 4.10. The third-order valence-corrected chi connectivity index (χ3v) is 4.59. The predicted octanol–water partition coefficient (Wildman–Crippen LogP) is 1.34. The molecule has 1 heterocycles. The second-order valence-corrected chi connectivity index (χ2v) is 5.79. The van der Waals surface area contributed by atoms with Gasteiger partial charge in [0.05, 0.1) is 18.3 Å². The molecule has 19 heavy (non-hydrogen) atoms. The number of nitrogens with two attached hydrogens (primary N) is 2. The van der Waals surface area contributed by atoms with Gasteiger partial charge < -0.3 is 16.2 Å². The van der Waals surface area contributed by atoms with Gasteiger partial charge in [0.1, 0.15) is 0 Å². The summed E-state index contributed by atoms with van der Waals surface area (Å²) in [6.45, 7) is 2.78. The maximum Gasteiger partial charge on any atom is 0.213 e. The lowest BCUT2D eigenvalue weighted by Gasteiger charge is -2.49. The van der Waals surface area contributed by atoms with Gasteiger partial charge in [0.25, 0.3) is 0 Å². The van der Waals surface area contributed by atoms with Gasteiger partial charge in [-0.3, -0.25) is 0 Å². The van der Waals surface area contributed by atoms with E-state index in [0.29, 0.717) is 24.3 Å². The van der Waals surface area contributed by atoms with Crippen molar-refractivity contribution in [2.45, 2.75) is 25.3 Å². The highest BCUT2D eigenvalue weighted by molar-refractivity contribution is 5.40. The highest BCUT2D eigenvalue weighted by Gasteiger charge is 2.47. The zero-order valence-corrected chi connectivity index (χ0v) is 11.5. The van der Waals surface area contributed by atoms with Gasteiger partial charge in [-0.15, -0.1) is 0 Å². The Morgan fingerprint density at radius 3 is 2.95 bits per heavy atom. The first-order valence-electron chi connectivity index (χ1n) is 6.79. The molecule has 0 amide bonds. The average Bonchev–Trinajstić information content (AvgIpc) is 2.37. The minimum Gasteiger partial charge on any atom is -0.481 e. The van der Waals surface area contributed by atoms with Crippen molar-refractivity contribution in [3.05, 3.63) is 35.0 Å². The van der Waals surface area contributed by atoms with Gasteiger partial charge in [0.2, 0.25) is 5.88 Å². The third kappa shape index (κ3) is 1.78. The van der Waals surface area contributed by atoms with Crippen LogP contribution in [0.3, 0.4) is 0 Å². The van der Waals surface area contributed by atoms with Gasteiger partial charge in [0.15, 0.2) is 0 Å². The Morgan fingerprint density at radius 1 is 1.47 bits per heavy atom. The Kier molecular flexibility index (Phi) is 2.87. The lowest BCUT2D eigenvalue weighted by atomic mass is 9.60. The van der Waals surface area contributed by atoms with E-state index in [0.717, 1.165) is 24.1 Å². The summed E-state index contributed by atoms with van der Waals surface area (Å²) in [5.74, 6) is 1.36. The molecular formula is C15H21N3O. The normalized spacial score (nSPS) is 32.5. The third-order valence-electron chi connectivity index (χ3n) is 4.59. The fraction of sp³-hybridized carbons (Fsp3) is 0.533. The van der Waals surface area contributed by atoms with Crippen molar-refractivity contribution in [2.75, 3.05) is 13.7 Å². The fourth-order valence-electron chi connectivity index (χ4n) is 3.79. The van der Waals surface area contributed by atoms with E-state index in [1.807, 2.05) is 6.07 Å². The Labute approximate surface area is 113 Å². The second kappa shape index (κ2) is 4.32. The van der Waals surface area contributed by atoms with Gasteiger partial charge in [-0.2, -0.15) is 0 Å². The van der Waals surface area contributed by atoms with Crippen molar-refractivity contribution in [1.29, 1.82) is 0 Å². The molecule has 0 unspecified atom stereocenters. The average molecular weight is 259 g/mol. The van der Waals surface area contributed by atoms with Crippen LogP contribution in [0.2, 0.25) is 0 Å². The monoisotopic (exact) mass is 259 g/mol. The van der Waals surface area contributed by atoms with E-state index in [-0.39, 0.29) is 5.54 Å². The Balaban J connectivity index is 2.14. The van der Waals surface area contributed by atoms with Gasteiger partial charge in [-0.25, -0.2) is 4.98 Å². The maximum absolute atomic E-state index is 6.75. The van der Waals surface area contributed by atoms with E-state index >= 15 is 0 Å². The number of hydrogen-bond acceptors (Lipinski definition) is 4. The number of rotatable bonds is 2. The molecule has 4 N–H and O–H groups in total. The summed E-state index contributed by atoms with van der Waals surface area (Å²) in [5.41, 5.74) is 15.9. The lowest BCUT2D eigenvalue weighted by molar-refractivity contribution is 0.179. The molecule has 2 bridgehead atoms. The van der Waals surface area contributed by atoms with Crippen LogP contribution in [0.15, 0.2) is 23.8 Å². The first-order chi connectivity index (χ1) is 9.08. The molecule has 3 rings (SSSR count). The Morgan fingerprint density at radius 2 is 2.26 bits per heavy atom. The number of ether oxygens (including phenoxy) is 1. The topological polar surface area (TPSA) is 74.2 Å². The molecule has 2 aliphatic rings. The van der Waals surface area contributed by atoms with Crippen LogP contribution in [0.25, 0.3) is 0 Å². The van der Waals surface area contributed by atoms with Crippen LogP contribution in [-0.2, 0) is 12.0 Å². The largest absolute Gasteiger partial charge is 0.481 e. The molecule has 0 radical (unpaired) electrons. The van der Waals surface area contributed by atoms with Crippen molar-refractivity contribution in [2.24, 2.45) is 23.3 Å². The number of methoxy groups -OCH3 is 1. The van der Waals surface area contributed by atoms with Gasteiger partial charge in [0, 0.05) is 12.0 Å². The summed E-state index contributed by atoms with van der Waals surface area (Å²) in [6, 6.07) is 3.97. The van der Waals surface area contributed by atoms with Crippen LogP contribution in [0.4, 0.5) is 0 Å². The summed E-state index contributed by atoms with van der Waals surface area (Å²) in [4.78, 5) is 4.58. The molecule has 0 aromatic carbocycles. The molecule has 0 spiro atoms. The summed E-state index contributed by atoms with van der Waals surface area (Å²) < 4.78 is 5.22. The standard InChI is InChI=1S/C15H21N3O/c1-9-5-10-6-13-11(3-4-14(18-13)19-2)15(17,7-9)12(10)8-16/h3-5,10,12H,6-8,16-17H2,1-2H3/t10-,12-,15-/m1/s1. The molecule has 1 aromatic heterocycles. The summed E-state index contributed by atoms with van der Waals surface area (Å²) in [5, 5.41) is 0. The minimum absolute atomic E-state index is 0.305. The summed E-state index contributed by atoms with van der Waals surface area (Å²) in [7, 11) is 1.64. The van der Waals surface area contributed by atoms with E-state index in [9.17, 15) is 0 Å². The molecule has 4 heteroatoms. The molecular weight excluding hydrogens is 238 g/mol. The van der Waals surface area contributed by atoms with E-state index in [1.165, 1.54) is 5.57 Å². The van der Waals surface area contributed by atoms with Gasteiger partial charge in [-0.05, 0) is 43.9 Å². The number of fused-ring (bicyclic) bond motifs is 4. The molecule has 0 saturated heterocycles. The highest BCUT2D eigenvalue weighted by atomic mass is 16.5. The van der Waals surface area contributed by atoms with Crippen molar-refractivity contribution >= 4 is 0 Å². The van der Waals surface area contributed by atoms with Crippen LogP contribution in [-0.4, -0.2) is 18.6 Å². The highest BCUT2D eigenvalue weighted by Crippen LogP contribution is 2.48. The number of hydrogen-bond donors (Lipinski definition) is 2. The SMILES string of the molecule is COc1ccc2c(n1)C[C@H]1C=C(C)C[C@]2(N)[C@@H]1CN. The molecule has 0 aliphatic heterocycles. The summed E-state index contributed by atoms with van der Waals surface area (Å²) >= 11 is 0. The zero-order chi connectivity index (χ0) is 13.6. The Hall–Kier alpha value is -1.39. The van der Waals surface area contributed by atoms with Crippen LogP contribution in [0.1, 0.15) is 24.6 Å². The number of allylic oxidation sites excluding steroid dienone is 1. The molecule has 0 saturated carbocycles. The fourth-order valence-corrected chi connectivity index (χ4v) is 3.79. The molecule has 1 aromatic rings. The molecule has 3 atom stereocenters. The molecule has 2 aliphatic carbocycles. The van der Waals surface area contributed by atoms with Crippen LogP contribution < -0.4 is 16.2 Å². The number of aromatic nitrogens is 1. The Bertz CT molecular complexity index is 540. The molecule has 0 fully saturated rings. The van der Waals surface area contributed by atoms with E-state index in [1.54, 1.807) is 7.11 Å². The van der Waals surface area contributed by atoms with Crippen molar-refractivity contribution in [3.8, 4) is 5.88 Å². The zero-order valence-electron chi connectivity index (χ0n) is 11.5. The molecule has 102 valence electrons. The second-order valence-electron chi connectivity index (χ2n) is 5.79. The van der Waals surface area contributed by atoms with Crippen molar-refractivity contribution < 1.29 is 4.74 Å². The van der Waals surface area contributed by atoms with Crippen LogP contribution in [0, 0.1) is 11.8 Å². The maximum atomic E-state index is 6.75. The predicted molar refractivity (Wildman–Crippen MR) is 74.8 cm³/mol. The van der Waals surface area contributed by atoms with E-state index in [4.69, 9.17) is 16.2 Å². The number of pyridine rings is 1. The van der Waals surface area contributed by atoms with Gasteiger partial charge >= 0.3 is 0 Å². The molecule has 4 nitrogen and oxygen atoms in total. The lowest BCUT2D eigenvalue weighted by Crippen LogP contribution is -2.55. The van der Waals surface area contributed by atoms with Gasteiger partial charge in [-0.1, -0.05) is 11.6 Å². The first kappa shape index (κ1) is 12.6. The first-order valence-corrected chi connectivity index (χ1v) is 6.79. The smallest absolute Gasteiger partial charge is 0.213 e. The van der Waals surface area contributed by atoms with Crippen LogP contribution in [0.5, 0.6) is 5.88 Å². The van der Waals surface area contributed by atoms with E-state index < -0.39 is 0 Å². The quantitative estimate of drug-likeness (QED) is 0.786. The van der Waals surface area contributed by atoms with Crippen molar-refractivity contribution in [1.82, 2.24) is 4.98 Å².